The van der Waals surface area contributed by atoms with E-state index in [1.54, 1.807) is 0 Å². The van der Waals surface area contributed by atoms with Crippen LogP contribution in [0, 0.1) is 11.3 Å². The monoisotopic (exact) mass is 197 g/mol. The normalized spacial score (nSPS) is 39.1. The van der Waals surface area contributed by atoms with Gasteiger partial charge in [0.1, 0.15) is 0 Å². The number of likely N-dealkylation sites (tertiary alicyclic amines) is 1. The van der Waals surface area contributed by atoms with Crippen molar-refractivity contribution in [1.29, 1.82) is 0 Å². The van der Waals surface area contributed by atoms with Gasteiger partial charge in [0.05, 0.1) is 5.92 Å². The van der Waals surface area contributed by atoms with E-state index in [1.807, 2.05) is 0 Å². The molecule has 0 aromatic heterocycles. The van der Waals surface area contributed by atoms with Crippen molar-refractivity contribution in [1.82, 2.24) is 4.90 Å². The molecule has 2 fully saturated rings. The van der Waals surface area contributed by atoms with Gasteiger partial charge in [-0.2, -0.15) is 0 Å². The van der Waals surface area contributed by atoms with Crippen molar-refractivity contribution in [3.63, 3.8) is 0 Å². The second-order valence-electron chi connectivity index (χ2n) is 5.10. The predicted octanol–water partition coefficient (Wildman–Crippen LogP) is 1.58. The largest absolute Gasteiger partial charge is 0.481 e. The Balaban J connectivity index is 1.92. The molecular weight excluding hydrogens is 178 g/mol. The van der Waals surface area contributed by atoms with E-state index in [0.717, 1.165) is 25.7 Å². The number of carbonyl (C=O) groups is 1. The molecule has 1 heterocycles. The number of carboxylic acids is 1. The van der Waals surface area contributed by atoms with Crippen LogP contribution in [0.4, 0.5) is 0 Å². The van der Waals surface area contributed by atoms with Crippen molar-refractivity contribution in [3.05, 3.63) is 0 Å². The summed E-state index contributed by atoms with van der Waals surface area (Å²) in [6.45, 7) is 2.37. The van der Waals surface area contributed by atoms with E-state index in [9.17, 15) is 4.79 Å². The molecule has 3 nitrogen and oxygen atoms in total. The zero-order valence-corrected chi connectivity index (χ0v) is 8.83. The Morgan fingerprint density at radius 1 is 1.36 bits per heavy atom. The lowest BCUT2D eigenvalue weighted by molar-refractivity contribution is -0.143. The minimum atomic E-state index is -0.591. The molecule has 1 saturated carbocycles. The van der Waals surface area contributed by atoms with E-state index in [1.165, 1.54) is 19.5 Å². The molecule has 1 aliphatic heterocycles. The average Bonchev–Trinajstić information content (AvgIpc) is 2.48. The Labute approximate surface area is 85.1 Å². The smallest absolute Gasteiger partial charge is 0.306 e. The van der Waals surface area contributed by atoms with Crippen LogP contribution in [-0.4, -0.2) is 36.1 Å². The predicted molar refractivity (Wildman–Crippen MR) is 54.1 cm³/mol. The first-order valence-electron chi connectivity index (χ1n) is 5.53. The van der Waals surface area contributed by atoms with Gasteiger partial charge in [-0.3, -0.25) is 4.79 Å². The Morgan fingerprint density at radius 2 is 2.00 bits per heavy atom. The van der Waals surface area contributed by atoms with E-state index in [0.29, 0.717) is 5.41 Å². The fraction of sp³-hybridized carbons (Fsp3) is 0.909. The molecule has 1 saturated heterocycles. The van der Waals surface area contributed by atoms with Crippen molar-refractivity contribution in [2.75, 3.05) is 20.1 Å². The zero-order valence-electron chi connectivity index (χ0n) is 8.83. The summed E-state index contributed by atoms with van der Waals surface area (Å²) in [4.78, 5) is 13.2. The maximum Gasteiger partial charge on any atom is 0.306 e. The van der Waals surface area contributed by atoms with Gasteiger partial charge in [0.25, 0.3) is 0 Å². The van der Waals surface area contributed by atoms with Gasteiger partial charge in [0.15, 0.2) is 0 Å². The summed E-state index contributed by atoms with van der Waals surface area (Å²) in [6, 6.07) is 0. The second kappa shape index (κ2) is 3.54. The van der Waals surface area contributed by atoms with Gasteiger partial charge < -0.3 is 10.0 Å². The molecule has 2 aliphatic rings. The van der Waals surface area contributed by atoms with Gasteiger partial charge in [-0.05, 0) is 51.1 Å². The molecule has 1 spiro atoms. The van der Waals surface area contributed by atoms with Crippen LogP contribution in [0.3, 0.4) is 0 Å². The molecule has 80 valence electrons. The highest BCUT2D eigenvalue weighted by Crippen LogP contribution is 2.45. The van der Waals surface area contributed by atoms with E-state index >= 15 is 0 Å². The summed E-state index contributed by atoms with van der Waals surface area (Å²) in [5, 5.41) is 8.91. The molecule has 0 atom stereocenters. The fourth-order valence-electron chi connectivity index (χ4n) is 3.04. The third kappa shape index (κ3) is 1.78. The number of carboxylic acid groups (broad SMARTS) is 1. The van der Waals surface area contributed by atoms with Crippen LogP contribution in [0.5, 0.6) is 0 Å². The first-order valence-corrected chi connectivity index (χ1v) is 5.53. The molecule has 0 aromatic rings. The third-order valence-corrected chi connectivity index (χ3v) is 4.02. The highest BCUT2D eigenvalue weighted by atomic mass is 16.4. The van der Waals surface area contributed by atoms with Gasteiger partial charge in [-0.1, -0.05) is 0 Å². The summed E-state index contributed by atoms with van der Waals surface area (Å²) in [5.41, 5.74) is 0.473. The van der Waals surface area contributed by atoms with Gasteiger partial charge in [-0.25, -0.2) is 0 Å². The Morgan fingerprint density at radius 3 is 2.43 bits per heavy atom. The van der Waals surface area contributed by atoms with Crippen molar-refractivity contribution in [2.45, 2.75) is 32.1 Å². The average molecular weight is 197 g/mol. The molecule has 1 N–H and O–H groups in total. The minimum Gasteiger partial charge on any atom is -0.481 e. The summed E-state index contributed by atoms with van der Waals surface area (Å²) in [5.74, 6) is -0.655. The van der Waals surface area contributed by atoms with Crippen molar-refractivity contribution in [3.8, 4) is 0 Å². The van der Waals surface area contributed by atoms with E-state index < -0.39 is 5.97 Å². The van der Waals surface area contributed by atoms with Gasteiger partial charge >= 0.3 is 5.97 Å². The highest BCUT2D eigenvalue weighted by Gasteiger charge is 2.41. The number of hydrogen-bond donors (Lipinski definition) is 1. The second-order valence-corrected chi connectivity index (χ2v) is 5.10. The quantitative estimate of drug-likeness (QED) is 0.694. The summed E-state index contributed by atoms with van der Waals surface area (Å²) < 4.78 is 0. The number of nitrogens with zero attached hydrogens (tertiary/aromatic N) is 1. The topological polar surface area (TPSA) is 40.5 Å². The van der Waals surface area contributed by atoms with Crippen LogP contribution in [0.2, 0.25) is 0 Å². The van der Waals surface area contributed by atoms with Gasteiger partial charge in [-0.15, -0.1) is 0 Å². The van der Waals surface area contributed by atoms with E-state index in [2.05, 4.69) is 11.9 Å². The van der Waals surface area contributed by atoms with Gasteiger partial charge in [0.2, 0.25) is 0 Å². The lowest BCUT2D eigenvalue weighted by Crippen LogP contribution is -2.32. The lowest BCUT2D eigenvalue weighted by atomic mass is 9.70. The minimum absolute atomic E-state index is 0.0634. The third-order valence-electron chi connectivity index (χ3n) is 4.02. The van der Waals surface area contributed by atoms with Crippen LogP contribution >= 0.6 is 0 Å². The first kappa shape index (κ1) is 9.97. The summed E-state index contributed by atoms with van der Waals surface area (Å²) in [7, 11) is 2.16. The molecule has 1 aliphatic carbocycles. The van der Waals surface area contributed by atoms with Crippen LogP contribution in [0.1, 0.15) is 32.1 Å². The van der Waals surface area contributed by atoms with Crippen molar-refractivity contribution < 1.29 is 9.90 Å². The molecule has 0 unspecified atom stereocenters. The standard InChI is InChI=1S/C11H19NO2/c1-12-7-6-11(8-12)4-2-9(3-5-11)10(13)14/h9H,2-8H2,1H3,(H,13,14). The maximum absolute atomic E-state index is 10.8. The lowest BCUT2D eigenvalue weighted by Gasteiger charge is -2.35. The molecular formula is C11H19NO2. The fourth-order valence-corrected chi connectivity index (χ4v) is 3.04. The van der Waals surface area contributed by atoms with Gasteiger partial charge in [0, 0.05) is 6.54 Å². The van der Waals surface area contributed by atoms with Crippen LogP contribution in [-0.2, 0) is 4.79 Å². The van der Waals surface area contributed by atoms with Crippen LogP contribution in [0.15, 0.2) is 0 Å². The summed E-state index contributed by atoms with van der Waals surface area (Å²) >= 11 is 0. The molecule has 0 bridgehead atoms. The molecule has 2 rings (SSSR count). The van der Waals surface area contributed by atoms with Crippen molar-refractivity contribution in [2.24, 2.45) is 11.3 Å². The Bertz CT molecular complexity index is 231. The molecule has 0 aromatic carbocycles. The SMILES string of the molecule is CN1CCC2(CCC(C(=O)O)CC2)C1. The highest BCUT2D eigenvalue weighted by molar-refractivity contribution is 5.70. The first-order chi connectivity index (χ1) is 6.61. The number of rotatable bonds is 1. The molecule has 0 radical (unpaired) electrons. The molecule has 0 amide bonds. The number of hydrogen-bond acceptors (Lipinski definition) is 2. The van der Waals surface area contributed by atoms with Crippen molar-refractivity contribution >= 4 is 5.97 Å². The van der Waals surface area contributed by atoms with E-state index in [-0.39, 0.29) is 5.92 Å². The number of aliphatic carboxylic acids is 1. The Kier molecular flexibility index (Phi) is 2.52. The zero-order chi connectivity index (χ0) is 10.2. The Hall–Kier alpha value is -0.570. The molecule has 3 heteroatoms. The van der Waals surface area contributed by atoms with E-state index in [4.69, 9.17) is 5.11 Å². The maximum atomic E-state index is 10.8. The van der Waals surface area contributed by atoms with Crippen LogP contribution in [0.25, 0.3) is 0 Å². The summed E-state index contributed by atoms with van der Waals surface area (Å²) in [6.07, 6.45) is 5.30. The molecule has 14 heavy (non-hydrogen) atoms. The van der Waals surface area contributed by atoms with Crippen LogP contribution < -0.4 is 0 Å².